The Bertz CT molecular complexity index is 794. The number of hydrogen-bond donors (Lipinski definition) is 3. The van der Waals surface area contributed by atoms with Crippen LogP contribution in [0.1, 0.15) is 24.0 Å². The Morgan fingerprint density at radius 1 is 1.09 bits per heavy atom. The van der Waals surface area contributed by atoms with Crippen molar-refractivity contribution in [2.45, 2.75) is 27.2 Å². The summed E-state index contributed by atoms with van der Waals surface area (Å²) in [6.45, 7) is 4.81. The molecule has 2 aromatic rings. The first-order valence-corrected chi connectivity index (χ1v) is 7.09. The van der Waals surface area contributed by atoms with Gasteiger partial charge in [-0.2, -0.15) is 0 Å². The molecule has 0 fully saturated rings. The highest BCUT2D eigenvalue weighted by Gasteiger charge is 2.12. The molecule has 0 spiro atoms. The molecule has 0 aliphatic heterocycles. The Labute approximate surface area is 133 Å². The molecule has 0 aliphatic carbocycles. The maximum Gasteiger partial charge on any atom is 0.254 e. The average molecular weight is 314 g/mol. The minimum Gasteiger partial charge on any atom is -0.326 e. The molecule has 0 aliphatic rings. The Hall–Kier alpha value is -2.96. The second-order valence-corrected chi connectivity index (χ2v) is 5.20. The number of carbonyl (C=O) groups excluding carboxylic acids is 2. The molecule has 0 atom stereocenters. The van der Waals surface area contributed by atoms with E-state index in [1.807, 2.05) is 0 Å². The second kappa shape index (κ2) is 6.87. The highest BCUT2D eigenvalue weighted by atomic mass is 16.2. The number of aromatic amines is 1. The number of amides is 2. The molecule has 1 aromatic carbocycles. The lowest BCUT2D eigenvalue weighted by Gasteiger charge is -2.08. The van der Waals surface area contributed by atoms with Crippen molar-refractivity contribution in [1.82, 2.24) is 9.97 Å². The minimum atomic E-state index is -0.309. The van der Waals surface area contributed by atoms with E-state index in [0.717, 1.165) is 0 Å². The van der Waals surface area contributed by atoms with Crippen LogP contribution in [-0.4, -0.2) is 21.8 Å². The van der Waals surface area contributed by atoms with Gasteiger partial charge in [-0.15, -0.1) is 0 Å². The van der Waals surface area contributed by atoms with E-state index >= 15 is 0 Å². The van der Waals surface area contributed by atoms with Gasteiger partial charge in [0.25, 0.3) is 5.56 Å². The monoisotopic (exact) mass is 314 g/mol. The van der Waals surface area contributed by atoms with E-state index in [4.69, 9.17) is 0 Å². The summed E-state index contributed by atoms with van der Waals surface area (Å²) in [5.74, 6) is 0.0464. The molecular weight excluding hydrogens is 296 g/mol. The minimum absolute atomic E-state index is 0.0537. The molecule has 7 heteroatoms. The van der Waals surface area contributed by atoms with Crippen molar-refractivity contribution in [3.63, 3.8) is 0 Å². The predicted octanol–water partition coefficient (Wildman–Crippen LogP) is 1.53. The van der Waals surface area contributed by atoms with Crippen LogP contribution >= 0.6 is 0 Å². The standard InChI is InChI=1S/C16H18N4O3/c1-9-14(16(23)18-10(2)17-9)8-15(22)20-13-6-4-12(5-7-13)19-11(3)21/h4-7H,8H2,1-3H3,(H,19,21)(H,20,22)(H,17,18,23). The fourth-order valence-corrected chi connectivity index (χ4v) is 2.17. The van der Waals surface area contributed by atoms with E-state index in [-0.39, 0.29) is 23.8 Å². The van der Waals surface area contributed by atoms with Gasteiger partial charge in [0.1, 0.15) is 5.82 Å². The fraction of sp³-hybridized carbons (Fsp3) is 0.250. The van der Waals surface area contributed by atoms with Gasteiger partial charge in [0, 0.05) is 29.6 Å². The summed E-state index contributed by atoms with van der Waals surface area (Å²) < 4.78 is 0. The van der Waals surface area contributed by atoms with E-state index in [0.29, 0.717) is 28.5 Å². The Morgan fingerprint density at radius 2 is 1.65 bits per heavy atom. The lowest BCUT2D eigenvalue weighted by atomic mass is 10.1. The summed E-state index contributed by atoms with van der Waals surface area (Å²) in [4.78, 5) is 41.6. The Balaban J connectivity index is 2.05. The molecule has 23 heavy (non-hydrogen) atoms. The normalized spacial score (nSPS) is 10.2. The third-order valence-corrected chi connectivity index (χ3v) is 3.17. The van der Waals surface area contributed by atoms with Crippen LogP contribution in [0.15, 0.2) is 29.1 Å². The second-order valence-electron chi connectivity index (χ2n) is 5.20. The Morgan fingerprint density at radius 3 is 2.17 bits per heavy atom. The summed E-state index contributed by atoms with van der Waals surface area (Å²) in [5.41, 5.74) is 1.82. The summed E-state index contributed by atoms with van der Waals surface area (Å²) in [5, 5.41) is 5.35. The topological polar surface area (TPSA) is 104 Å². The number of H-pyrrole nitrogens is 1. The van der Waals surface area contributed by atoms with Gasteiger partial charge in [0.05, 0.1) is 6.42 Å². The average Bonchev–Trinajstić information content (AvgIpc) is 2.44. The smallest absolute Gasteiger partial charge is 0.254 e. The van der Waals surface area contributed by atoms with Crippen LogP contribution in [0.2, 0.25) is 0 Å². The number of rotatable bonds is 4. The predicted molar refractivity (Wildman–Crippen MR) is 87.4 cm³/mol. The molecular formula is C16H18N4O3. The number of benzene rings is 1. The van der Waals surface area contributed by atoms with Gasteiger partial charge in [-0.05, 0) is 38.1 Å². The van der Waals surface area contributed by atoms with Gasteiger partial charge in [-0.3, -0.25) is 14.4 Å². The van der Waals surface area contributed by atoms with Crippen molar-refractivity contribution >= 4 is 23.2 Å². The molecule has 0 radical (unpaired) electrons. The SMILES string of the molecule is CC(=O)Nc1ccc(NC(=O)Cc2c(C)nc(C)[nH]c2=O)cc1. The number of nitrogens with one attached hydrogen (secondary N) is 3. The molecule has 0 unspecified atom stereocenters. The third-order valence-electron chi connectivity index (χ3n) is 3.17. The van der Waals surface area contributed by atoms with Crippen LogP contribution in [0.25, 0.3) is 0 Å². The van der Waals surface area contributed by atoms with Crippen LogP contribution in [0.3, 0.4) is 0 Å². The third kappa shape index (κ3) is 4.50. The highest BCUT2D eigenvalue weighted by molar-refractivity contribution is 5.93. The zero-order valence-electron chi connectivity index (χ0n) is 13.2. The molecule has 3 N–H and O–H groups in total. The molecule has 1 heterocycles. The van der Waals surface area contributed by atoms with Crippen LogP contribution in [0.5, 0.6) is 0 Å². The van der Waals surface area contributed by atoms with Crippen LogP contribution < -0.4 is 16.2 Å². The summed E-state index contributed by atoms with van der Waals surface area (Å²) in [7, 11) is 0. The van der Waals surface area contributed by atoms with Crippen molar-refractivity contribution in [3.8, 4) is 0 Å². The first kappa shape index (κ1) is 16.4. The molecule has 120 valence electrons. The summed E-state index contributed by atoms with van der Waals surface area (Å²) in [6.07, 6.45) is -0.0537. The van der Waals surface area contributed by atoms with E-state index in [1.165, 1.54) is 6.92 Å². The number of anilines is 2. The van der Waals surface area contributed by atoms with Gasteiger partial charge in [0.2, 0.25) is 11.8 Å². The number of carbonyl (C=O) groups is 2. The van der Waals surface area contributed by atoms with Crippen molar-refractivity contribution in [3.05, 3.63) is 51.7 Å². The quantitative estimate of drug-likeness (QED) is 0.796. The van der Waals surface area contributed by atoms with Crippen LogP contribution in [0.4, 0.5) is 11.4 Å². The molecule has 1 aromatic heterocycles. The van der Waals surface area contributed by atoms with Gasteiger partial charge in [0.15, 0.2) is 0 Å². The largest absolute Gasteiger partial charge is 0.326 e. The van der Waals surface area contributed by atoms with Gasteiger partial charge in [-0.25, -0.2) is 4.98 Å². The highest BCUT2D eigenvalue weighted by Crippen LogP contribution is 2.14. The lowest BCUT2D eigenvalue weighted by molar-refractivity contribution is -0.116. The number of aryl methyl sites for hydroxylation is 2. The van der Waals surface area contributed by atoms with E-state index in [1.54, 1.807) is 38.1 Å². The van der Waals surface area contributed by atoms with Gasteiger partial charge in [-0.1, -0.05) is 0 Å². The number of hydrogen-bond acceptors (Lipinski definition) is 4. The van der Waals surface area contributed by atoms with Gasteiger partial charge >= 0.3 is 0 Å². The lowest BCUT2D eigenvalue weighted by Crippen LogP contribution is -2.24. The maximum atomic E-state index is 12.1. The molecule has 7 nitrogen and oxygen atoms in total. The fourth-order valence-electron chi connectivity index (χ4n) is 2.17. The first-order chi connectivity index (χ1) is 10.8. The molecule has 0 saturated carbocycles. The summed E-state index contributed by atoms with van der Waals surface area (Å²) in [6, 6.07) is 6.71. The molecule has 0 bridgehead atoms. The van der Waals surface area contributed by atoms with Crippen LogP contribution in [-0.2, 0) is 16.0 Å². The first-order valence-electron chi connectivity index (χ1n) is 7.09. The van der Waals surface area contributed by atoms with Crippen LogP contribution in [0, 0.1) is 13.8 Å². The molecule has 2 rings (SSSR count). The number of aromatic nitrogens is 2. The zero-order valence-corrected chi connectivity index (χ0v) is 13.2. The van der Waals surface area contributed by atoms with Crippen molar-refractivity contribution in [2.24, 2.45) is 0 Å². The maximum absolute atomic E-state index is 12.1. The van der Waals surface area contributed by atoms with E-state index in [2.05, 4.69) is 20.6 Å². The summed E-state index contributed by atoms with van der Waals surface area (Å²) >= 11 is 0. The van der Waals surface area contributed by atoms with E-state index in [9.17, 15) is 14.4 Å². The Kier molecular flexibility index (Phi) is 4.90. The number of nitrogens with zero attached hydrogens (tertiary/aromatic N) is 1. The van der Waals surface area contributed by atoms with Gasteiger partial charge < -0.3 is 15.6 Å². The van der Waals surface area contributed by atoms with E-state index < -0.39 is 0 Å². The molecule has 2 amide bonds. The molecule has 0 saturated heterocycles. The van der Waals surface area contributed by atoms with Crippen molar-refractivity contribution in [2.75, 3.05) is 10.6 Å². The van der Waals surface area contributed by atoms with Crippen molar-refractivity contribution < 1.29 is 9.59 Å². The van der Waals surface area contributed by atoms with Crippen molar-refractivity contribution in [1.29, 1.82) is 0 Å². The zero-order chi connectivity index (χ0) is 17.0.